The van der Waals surface area contributed by atoms with Gasteiger partial charge in [-0.2, -0.15) is 10.5 Å². The Bertz CT molecular complexity index is 478. The second kappa shape index (κ2) is 5.64. The summed E-state index contributed by atoms with van der Waals surface area (Å²) in [6.07, 6.45) is 6.99. The van der Waals surface area contributed by atoms with Crippen LogP contribution >= 0.6 is 0 Å². The van der Waals surface area contributed by atoms with Crippen LogP contribution in [-0.2, 0) is 0 Å². The number of aromatic nitrogens is 3. The number of hydrogen-bond acceptors (Lipinski definition) is 4. The Hall–Kier alpha value is -1.88. The van der Waals surface area contributed by atoms with Gasteiger partial charge in [-0.1, -0.05) is 19.8 Å². The van der Waals surface area contributed by atoms with E-state index < -0.39 is 0 Å². The van der Waals surface area contributed by atoms with E-state index in [4.69, 9.17) is 5.26 Å². The second-order valence-electron chi connectivity index (χ2n) is 4.93. The van der Waals surface area contributed by atoms with Crippen molar-refractivity contribution in [3.05, 3.63) is 12.2 Å². The zero-order chi connectivity index (χ0) is 13.0. The van der Waals surface area contributed by atoms with Gasteiger partial charge in [-0.05, 0) is 25.2 Å². The van der Waals surface area contributed by atoms with Crippen LogP contribution in [0.25, 0.3) is 0 Å². The van der Waals surface area contributed by atoms with Gasteiger partial charge in [0.05, 0.1) is 18.0 Å². The molecule has 0 amide bonds. The molecule has 0 radical (unpaired) electrons. The molecule has 1 heterocycles. The number of hydrogen-bond donors (Lipinski definition) is 0. The molecule has 5 heteroatoms. The number of rotatable bonds is 3. The molecule has 3 atom stereocenters. The highest BCUT2D eigenvalue weighted by molar-refractivity contribution is 5.06. The molecule has 0 saturated heterocycles. The van der Waals surface area contributed by atoms with Crippen LogP contribution in [0.5, 0.6) is 0 Å². The van der Waals surface area contributed by atoms with Crippen LogP contribution < -0.4 is 0 Å². The van der Waals surface area contributed by atoms with Crippen molar-refractivity contribution in [3.8, 4) is 12.1 Å². The van der Waals surface area contributed by atoms with Gasteiger partial charge in [-0.25, -0.2) is 9.67 Å². The summed E-state index contributed by atoms with van der Waals surface area (Å²) < 4.78 is 1.72. The molecule has 94 valence electrons. The van der Waals surface area contributed by atoms with Gasteiger partial charge in [-0.15, -0.1) is 5.10 Å². The van der Waals surface area contributed by atoms with Crippen LogP contribution in [-0.4, -0.2) is 14.8 Å². The largest absolute Gasteiger partial charge is 0.252 e. The third kappa shape index (κ3) is 2.51. The van der Waals surface area contributed by atoms with Crippen molar-refractivity contribution in [2.45, 2.75) is 45.1 Å². The van der Waals surface area contributed by atoms with E-state index in [1.165, 1.54) is 12.8 Å². The van der Waals surface area contributed by atoms with E-state index in [1.54, 1.807) is 11.0 Å². The summed E-state index contributed by atoms with van der Waals surface area (Å²) in [7, 11) is 0. The molecule has 0 aromatic carbocycles. The molecular formula is C13H17N5. The first-order chi connectivity index (χ1) is 8.78. The van der Waals surface area contributed by atoms with Crippen molar-refractivity contribution < 1.29 is 0 Å². The summed E-state index contributed by atoms with van der Waals surface area (Å²) in [5, 5.41) is 22.1. The van der Waals surface area contributed by atoms with Crippen molar-refractivity contribution in [2.24, 2.45) is 11.8 Å². The van der Waals surface area contributed by atoms with Crippen LogP contribution in [0.1, 0.15) is 50.9 Å². The standard InChI is InChI=1S/C13H17N5/c1-2-3-10-4-5-11(7-14)12(6-10)18-9-16-13(8-15)17-18/h9-12H,2-6H2,1H3. The first-order valence-electron chi connectivity index (χ1n) is 6.49. The van der Waals surface area contributed by atoms with E-state index in [9.17, 15) is 5.26 Å². The molecule has 1 saturated carbocycles. The van der Waals surface area contributed by atoms with Crippen LogP contribution in [0.2, 0.25) is 0 Å². The Kier molecular flexibility index (Phi) is 3.94. The van der Waals surface area contributed by atoms with E-state index in [-0.39, 0.29) is 17.8 Å². The molecule has 0 N–H and O–H groups in total. The topological polar surface area (TPSA) is 78.3 Å². The Balaban J connectivity index is 2.16. The van der Waals surface area contributed by atoms with Crippen molar-refractivity contribution in [3.63, 3.8) is 0 Å². The quantitative estimate of drug-likeness (QED) is 0.816. The molecule has 18 heavy (non-hydrogen) atoms. The minimum Gasteiger partial charge on any atom is -0.247 e. The summed E-state index contributed by atoms with van der Waals surface area (Å²) in [6.45, 7) is 2.19. The molecular weight excluding hydrogens is 226 g/mol. The lowest BCUT2D eigenvalue weighted by Gasteiger charge is -2.32. The van der Waals surface area contributed by atoms with Crippen LogP contribution in [0.15, 0.2) is 6.33 Å². The Labute approximate surface area is 107 Å². The molecule has 1 fully saturated rings. The fourth-order valence-corrected chi connectivity index (χ4v) is 2.83. The zero-order valence-corrected chi connectivity index (χ0v) is 10.6. The highest BCUT2D eigenvalue weighted by Gasteiger charge is 2.32. The van der Waals surface area contributed by atoms with Crippen LogP contribution in [0, 0.1) is 34.5 Å². The molecule has 1 aromatic rings. The van der Waals surface area contributed by atoms with E-state index in [0.29, 0.717) is 5.92 Å². The van der Waals surface area contributed by atoms with Gasteiger partial charge >= 0.3 is 0 Å². The van der Waals surface area contributed by atoms with Gasteiger partial charge in [0, 0.05) is 0 Å². The molecule has 0 bridgehead atoms. The van der Waals surface area contributed by atoms with Crippen molar-refractivity contribution in [1.82, 2.24) is 14.8 Å². The number of nitriles is 2. The molecule has 2 rings (SSSR count). The minimum absolute atomic E-state index is 0.00801. The monoisotopic (exact) mass is 243 g/mol. The fourth-order valence-electron chi connectivity index (χ4n) is 2.83. The molecule has 1 aliphatic carbocycles. The van der Waals surface area contributed by atoms with E-state index in [2.05, 4.69) is 23.1 Å². The lowest BCUT2D eigenvalue weighted by Crippen LogP contribution is -2.27. The summed E-state index contributed by atoms with van der Waals surface area (Å²) in [6, 6.07) is 4.38. The minimum atomic E-state index is -0.00801. The van der Waals surface area contributed by atoms with Crippen molar-refractivity contribution in [1.29, 1.82) is 10.5 Å². The maximum Gasteiger partial charge on any atom is 0.252 e. The molecule has 1 aromatic heterocycles. The zero-order valence-electron chi connectivity index (χ0n) is 10.6. The van der Waals surface area contributed by atoms with Gasteiger partial charge in [0.25, 0.3) is 5.82 Å². The smallest absolute Gasteiger partial charge is 0.247 e. The molecule has 3 unspecified atom stereocenters. The molecule has 1 aliphatic rings. The SMILES string of the molecule is CCCC1CCC(C#N)C(n2cnc(C#N)n2)C1. The van der Waals surface area contributed by atoms with Gasteiger partial charge in [0.1, 0.15) is 12.4 Å². The fraction of sp³-hybridized carbons (Fsp3) is 0.692. The predicted octanol–water partition coefficient (Wildman–Crippen LogP) is 2.43. The maximum absolute atomic E-state index is 9.23. The van der Waals surface area contributed by atoms with E-state index in [0.717, 1.165) is 19.3 Å². The highest BCUT2D eigenvalue weighted by atomic mass is 15.3. The molecule has 0 aliphatic heterocycles. The summed E-state index contributed by atoms with van der Waals surface area (Å²) in [4.78, 5) is 3.93. The third-order valence-corrected chi connectivity index (χ3v) is 3.74. The maximum atomic E-state index is 9.23. The van der Waals surface area contributed by atoms with E-state index in [1.807, 2.05) is 6.07 Å². The number of nitrogens with zero attached hydrogens (tertiary/aromatic N) is 5. The first kappa shape index (κ1) is 12.6. The van der Waals surface area contributed by atoms with Gasteiger partial charge in [0.15, 0.2) is 0 Å². The molecule has 0 spiro atoms. The summed E-state index contributed by atoms with van der Waals surface area (Å²) >= 11 is 0. The normalized spacial score (nSPS) is 27.4. The van der Waals surface area contributed by atoms with Gasteiger partial charge < -0.3 is 0 Å². The Morgan fingerprint density at radius 3 is 2.89 bits per heavy atom. The van der Waals surface area contributed by atoms with Crippen LogP contribution in [0.4, 0.5) is 0 Å². The summed E-state index contributed by atoms with van der Waals surface area (Å²) in [5.41, 5.74) is 0. The predicted molar refractivity (Wildman–Crippen MR) is 65.1 cm³/mol. The Morgan fingerprint density at radius 1 is 1.44 bits per heavy atom. The average molecular weight is 243 g/mol. The third-order valence-electron chi connectivity index (χ3n) is 3.74. The second-order valence-corrected chi connectivity index (χ2v) is 4.93. The van der Waals surface area contributed by atoms with Gasteiger partial charge in [-0.3, -0.25) is 0 Å². The van der Waals surface area contributed by atoms with E-state index >= 15 is 0 Å². The lowest BCUT2D eigenvalue weighted by molar-refractivity contribution is 0.198. The Morgan fingerprint density at radius 2 is 2.28 bits per heavy atom. The summed E-state index contributed by atoms with van der Waals surface area (Å²) in [5.74, 6) is 0.843. The van der Waals surface area contributed by atoms with Crippen molar-refractivity contribution >= 4 is 0 Å². The van der Waals surface area contributed by atoms with Crippen molar-refractivity contribution in [2.75, 3.05) is 0 Å². The lowest BCUT2D eigenvalue weighted by atomic mass is 9.77. The molecule has 5 nitrogen and oxygen atoms in total. The first-order valence-corrected chi connectivity index (χ1v) is 6.49. The van der Waals surface area contributed by atoms with Crippen LogP contribution in [0.3, 0.4) is 0 Å². The van der Waals surface area contributed by atoms with Gasteiger partial charge in [0.2, 0.25) is 0 Å². The average Bonchev–Trinajstić information content (AvgIpc) is 2.87. The highest BCUT2D eigenvalue weighted by Crippen LogP contribution is 2.38.